The smallest absolute Gasteiger partial charge is 0.0543 e. The third-order valence-electron chi connectivity index (χ3n) is 10.5. The highest BCUT2D eigenvalue weighted by molar-refractivity contribution is 6.03. The van der Waals surface area contributed by atoms with E-state index in [4.69, 9.17) is 0 Å². The van der Waals surface area contributed by atoms with E-state index in [1.807, 2.05) is 0 Å². The van der Waals surface area contributed by atoms with Gasteiger partial charge in [-0.05, 0) is 97.2 Å². The summed E-state index contributed by atoms with van der Waals surface area (Å²) in [7, 11) is 0. The van der Waals surface area contributed by atoms with E-state index in [2.05, 4.69) is 207 Å². The lowest BCUT2D eigenvalue weighted by Crippen LogP contribution is -2.17. The Bertz CT molecular complexity index is 2470. The third-order valence-corrected chi connectivity index (χ3v) is 10.5. The van der Waals surface area contributed by atoms with Gasteiger partial charge in [0.15, 0.2) is 0 Å². The van der Waals surface area contributed by atoms with E-state index >= 15 is 0 Å². The quantitative estimate of drug-likeness (QED) is 0.175. The molecule has 0 aliphatic heterocycles. The summed E-state index contributed by atoms with van der Waals surface area (Å²) in [5.74, 6) is 0. The molecule has 0 fully saturated rings. The Hall–Kier alpha value is -6.18. The first kappa shape index (κ1) is 29.9. The third kappa shape index (κ3) is 5.02. The van der Waals surface area contributed by atoms with Gasteiger partial charge in [-0.15, -0.1) is 0 Å². The van der Waals surface area contributed by atoms with Crippen LogP contribution in [-0.4, -0.2) is 0 Å². The van der Waals surface area contributed by atoms with Gasteiger partial charge in [-0.1, -0.05) is 166 Å². The summed E-state index contributed by atoms with van der Waals surface area (Å²) in [4.78, 5) is 2.44. The van der Waals surface area contributed by atoms with Gasteiger partial charge in [-0.3, -0.25) is 0 Å². The van der Waals surface area contributed by atoms with Crippen LogP contribution in [0.15, 0.2) is 188 Å². The van der Waals surface area contributed by atoms with E-state index in [0.29, 0.717) is 0 Å². The number of fused-ring (bicyclic) bond motifs is 4. The van der Waals surface area contributed by atoms with E-state index in [1.165, 1.54) is 72.1 Å². The molecule has 50 heavy (non-hydrogen) atoms. The second kappa shape index (κ2) is 12.1. The Balaban J connectivity index is 1.23. The van der Waals surface area contributed by atoms with Crippen molar-refractivity contribution in [2.75, 3.05) is 4.90 Å². The first-order chi connectivity index (χ1) is 24.6. The Labute approximate surface area is 294 Å². The highest BCUT2D eigenvalue weighted by Crippen LogP contribution is 2.54. The molecule has 8 aromatic carbocycles. The minimum absolute atomic E-state index is 0.129. The Morgan fingerprint density at radius 2 is 0.880 bits per heavy atom. The summed E-state index contributed by atoms with van der Waals surface area (Å²) in [6.07, 6.45) is 0. The average Bonchev–Trinajstić information content (AvgIpc) is 3.41. The SMILES string of the molecule is CC1(C)c2ccccc2-c2cc(-c3cccc4ccccc34)c(N(c3ccccc3)c3ccc(-c4ccc(-c5ccccc5)cc4)cc3)cc21. The molecule has 0 saturated heterocycles. The maximum Gasteiger partial charge on any atom is 0.0543 e. The topological polar surface area (TPSA) is 3.24 Å². The summed E-state index contributed by atoms with van der Waals surface area (Å²) < 4.78 is 0. The highest BCUT2D eigenvalue weighted by Gasteiger charge is 2.37. The van der Waals surface area contributed by atoms with Gasteiger partial charge in [0.25, 0.3) is 0 Å². The van der Waals surface area contributed by atoms with Gasteiger partial charge in [-0.25, -0.2) is 0 Å². The number of hydrogen-bond donors (Lipinski definition) is 0. The molecule has 0 unspecified atom stereocenters. The van der Waals surface area contributed by atoms with Crippen molar-refractivity contribution >= 4 is 27.8 Å². The van der Waals surface area contributed by atoms with Gasteiger partial charge in [0.2, 0.25) is 0 Å². The fraction of sp³-hybridized carbons (Fsp3) is 0.0612. The molecule has 0 spiro atoms. The second-order valence-corrected chi connectivity index (χ2v) is 13.8. The van der Waals surface area contributed by atoms with Crippen molar-refractivity contribution in [2.24, 2.45) is 0 Å². The molecular formula is C49H37N. The van der Waals surface area contributed by atoms with E-state index in [1.54, 1.807) is 0 Å². The highest BCUT2D eigenvalue weighted by atomic mass is 15.1. The summed E-state index contributed by atoms with van der Waals surface area (Å²) in [5, 5.41) is 2.50. The lowest BCUT2D eigenvalue weighted by molar-refractivity contribution is 0.660. The molecule has 0 aromatic heterocycles. The van der Waals surface area contributed by atoms with Crippen molar-refractivity contribution in [1.82, 2.24) is 0 Å². The largest absolute Gasteiger partial charge is 0.310 e. The molecule has 0 N–H and O–H groups in total. The fourth-order valence-corrected chi connectivity index (χ4v) is 7.89. The van der Waals surface area contributed by atoms with Crippen molar-refractivity contribution in [3.8, 4) is 44.5 Å². The van der Waals surface area contributed by atoms with Crippen LogP contribution in [0.5, 0.6) is 0 Å². The molecule has 1 aliphatic rings. The zero-order valence-electron chi connectivity index (χ0n) is 28.3. The molecule has 9 rings (SSSR count). The molecule has 1 nitrogen and oxygen atoms in total. The first-order valence-corrected chi connectivity index (χ1v) is 17.4. The molecule has 0 heterocycles. The number of para-hydroxylation sites is 1. The van der Waals surface area contributed by atoms with Crippen LogP contribution in [-0.2, 0) is 5.41 Å². The standard InChI is InChI=1S/C49H37N/c1-49(2)46-23-12-11-21-43(46)44-32-45(42-22-13-17-38-16-9-10-20-41(38)42)48(33-47(44)49)50(39-18-7-4-8-19-39)40-30-28-37(29-31-40)36-26-24-35(25-27-36)34-14-5-3-6-15-34/h3-33H,1-2H3. The molecule has 1 heteroatoms. The summed E-state index contributed by atoms with van der Waals surface area (Å²) in [5.41, 5.74) is 16.0. The zero-order chi connectivity index (χ0) is 33.7. The van der Waals surface area contributed by atoms with Gasteiger partial charge in [0, 0.05) is 22.4 Å². The average molecular weight is 640 g/mol. The molecule has 0 atom stereocenters. The lowest BCUT2D eigenvalue weighted by Gasteiger charge is -2.31. The van der Waals surface area contributed by atoms with E-state index < -0.39 is 0 Å². The minimum Gasteiger partial charge on any atom is -0.310 e. The predicted molar refractivity (Wildman–Crippen MR) is 213 cm³/mol. The number of rotatable bonds is 6. The summed E-state index contributed by atoms with van der Waals surface area (Å²) in [6, 6.07) is 68.6. The van der Waals surface area contributed by atoms with Gasteiger partial charge in [0.05, 0.1) is 5.69 Å². The molecule has 8 aromatic rings. The number of hydrogen-bond acceptors (Lipinski definition) is 1. The normalized spacial score (nSPS) is 12.8. The Morgan fingerprint density at radius 1 is 0.360 bits per heavy atom. The monoisotopic (exact) mass is 639 g/mol. The molecule has 238 valence electrons. The predicted octanol–water partition coefficient (Wildman–Crippen LogP) is 13.6. The molecule has 0 bridgehead atoms. The van der Waals surface area contributed by atoms with Crippen molar-refractivity contribution < 1.29 is 0 Å². The van der Waals surface area contributed by atoms with Crippen LogP contribution in [0.2, 0.25) is 0 Å². The van der Waals surface area contributed by atoms with Crippen LogP contribution in [0.4, 0.5) is 17.1 Å². The molecule has 0 saturated carbocycles. The fourth-order valence-electron chi connectivity index (χ4n) is 7.89. The van der Waals surface area contributed by atoms with E-state index in [0.717, 1.165) is 11.4 Å². The molecular weight excluding hydrogens is 603 g/mol. The van der Waals surface area contributed by atoms with Gasteiger partial charge in [0.1, 0.15) is 0 Å². The van der Waals surface area contributed by atoms with Crippen molar-refractivity contribution in [3.05, 3.63) is 199 Å². The molecule has 0 radical (unpaired) electrons. The number of anilines is 3. The van der Waals surface area contributed by atoms with Crippen LogP contribution in [0.3, 0.4) is 0 Å². The van der Waals surface area contributed by atoms with Crippen molar-refractivity contribution in [3.63, 3.8) is 0 Å². The number of benzene rings is 8. The minimum atomic E-state index is -0.129. The van der Waals surface area contributed by atoms with Crippen LogP contribution >= 0.6 is 0 Å². The van der Waals surface area contributed by atoms with Gasteiger partial charge >= 0.3 is 0 Å². The van der Waals surface area contributed by atoms with Crippen LogP contribution in [0.25, 0.3) is 55.3 Å². The van der Waals surface area contributed by atoms with Crippen LogP contribution in [0, 0.1) is 0 Å². The Kier molecular flexibility index (Phi) is 7.21. The maximum absolute atomic E-state index is 2.47. The Morgan fingerprint density at radius 3 is 1.60 bits per heavy atom. The van der Waals surface area contributed by atoms with Crippen molar-refractivity contribution in [2.45, 2.75) is 19.3 Å². The molecule has 1 aliphatic carbocycles. The van der Waals surface area contributed by atoms with E-state index in [-0.39, 0.29) is 5.41 Å². The first-order valence-electron chi connectivity index (χ1n) is 17.4. The van der Waals surface area contributed by atoms with Gasteiger partial charge in [-0.2, -0.15) is 0 Å². The summed E-state index contributed by atoms with van der Waals surface area (Å²) in [6.45, 7) is 4.73. The summed E-state index contributed by atoms with van der Waals surface area (Å²) >= 11 is 0. The number of nitrogens with zero attached hydrogens (tertiary/aromatic N) is 1. The van der Waals surface area contributed by atoms with E-state index in [9.17, 15) is 0 Å². The second-order valence-electron chi connectivity index (χ2n) is 13.8. The maximum atomic E-state index is 2.47. The van der Waals surface area contributed by atoms with Crippen molar-refractivity contribution in [1.29, 1.82) is 0 Å². The zero-order valence-corrected chi connectivity index (χ0v) is 28.3. The van der Waals surface area contributed by atoms with Gasteiger partial charge < -0.3 is 4.90 Å². The lowest BCUT2D eigenvalue weighted by atomic mass is 9.81. The molecule has 0 amide bonds. The van der Waals surface area contributed by atoms with Crippen LogP contribution in [0.1, 0.15) is 25.0 Å². The van der Waals surface area contributed by atoms with Crippen LogP contribution < -0.4 is 4.90 Å².